The van der Waals surface area contributed by atoms with E-state index in [1.807, 2.05) is 18.2 Å². The van der Waals surface area contributed by atoms with Crippen LogP contribution < -0.4 is 16.2 Å². The summed E-state index contributed by atoms with van der Waals surface area (Å²) >= 11 is 0. The summed E-state index contributed by atoms with van der Waals surface area (Å²) in [7, 11) is 1.71. The van der Waals surface area contributed by atoms with E-state index in [1.54, 1.807) is 61.1 Å². The monoisotopic (exact) mass is 470 g/mol. The number of hydrogen-bond acceptors (Lipinski definition) is 3. The maximum atomic E-state index is 13.4. The molecule has 0 aliphatic carbocycles. The highest BCUT2D eigenvalue weighted by molar-refractivity contribution is 6.10. The van der Waals surface area contributed by atoms with Gasteiger partial charge in [-0.05, 0) is 55.0 Å². The minimum absolute atomic E-state index is 0.0836. The molecule has 176 valence electrons. The van der Waals surface area contributed by atoms with Crippen LogP contribution in [0.4, 0.5) is 10.1 Å². The highest BCUT2D eigenvalue weighted by Crippen LogP contribution is 2.16. The Balaban J connectivity index is 1.69. The Bertz CT molecular complexity index is 1450. The van der Waals surface area contributed by atoms with Gasteiger partial charge in [-0.2, -0.15) is 0 Å². The first-order valence-electron chi connectivity index (χ1n) is 10.8. The molecule has 35 heavy (non-hydrogen) atoms. The molecular formula is C27H23FN4O3. The molecule has 0 bridgehead atoms. The van der Waals surface area contributed by atoms with E-state index >= 15 is 0 Å². The van der Waals surface area contributed by atoms with E-state index < -0.39 is 23.2 Å². The number of para-hydroxylation sites is 1. The molecule has 4 rings (SSSR count). The lowest BCUT2D eigenvalue weighted by Crippen LogP contribution is -2.32. The van der Waals surface area contributed by atoms with Crippen LogP contribution in [0.2, 0.25) is 0 Å². The van der Waals surface area contributed by atoms with E-state index in [2.05, 4.69) is 10.6 Å². The molecule has 8 heteroatoms. The SMILES string of the molecule is Cc1c(NC(=O)/C(=C\c2ccc(F)cc2)NC(=O)c2ccccc2)c(=O)n(-c2ccccc2)n1C. The number of halogens is 1. The first-order valence-corrected chi connectivity index (χ1v) is 10.8. The summed E-state index contributed by atoms with van der Waals surface area (Å²) in [5, 5.41) is 5.26. The summed E-state index contributed by atoms with van der Waals surface area (Å²) in [6.45, 7) is 1.71. The number of rotatable bonds is 6. The fourth-order valence-corrected chi connectivity index (χ4v) is 3.56. The maximum absolute atomic E-state index is 13.4. The lowest BCUT2D eigenvalue weighted by molar-refractivity contribution is -0.113. The van der Waals surface area contributed by atoms with Gasteiger partial charge in [-0.25, -0.2) is 9.07 Å². The summed E-state index contributed by atoms with van der Waals surface area (Å²) in [4.78, 5) is 39.2. The zero-order chi connectivity index (χ0) is 24.9. The molecule has 1 heterocycles. The minimum Gasteiger partial charge on any atom is -0.317 e. The van der Waals surface area contributed by atoms with Gasteiger partial charge in [-0.1, -0.05) is 48.5 Å². The number of benzene rings is 3. The molecule has 2 amide bonds. The van der Waals surface area contributed by atoms with Crippen molar-refractivity contribution in [3.63, 3.8) is 0 Å². The maximum Gasteiger partial charge on any atom is 0.295 e. The van der Waals surface area contributed by atoms with Gasteiger partial charge in [0.2, 0.25) is 0 Å². The van der Waals surface area contributed by atoms with Gasteiger partial charge in [0.15, 0.2) is 0 Å². The van der Waals surface area contributed by atoms with Gasteiger partial charge in [-0.15, -0.1) is 0 Å². The number of hydrogen-bond donors (Lipinski definition) is 2. The molecule has 0 radical (unpaired) electrons. The molecule has 7 nitrogen and oxygen atoms in total. The summed E-state index contributed by atoms with van der Waals surface area (Å²) < 4.78 is 16.4. The molecule has 0 aliphatic rings. The fourth-order valence-electron chi connectivity index (χ4n) is 3.56. The Hall–Kier alpha value is -4.72. The summed E-state index contributed by atoms with van der Waals surface area (Å²) in [6, 6.07) is 22.9. The highest BCUT2D eigenvalue weighted by Gasteiger charge is 2.21. The normalized spacial score (nSPS) is 11.2. The summed E-state index contributed by atoms with van der Waals surface area (Å²) in [5.74, 6) is -1.62. The Kier molecular flexibility index (Phi) is 6.73. The summed E-state index contributed by atoms with van der Waals surface area (Å²) in [6.07, 6.45) is 1.42. The van der Waals surface area contributed by atoms with Crippen molar-refractivity contribution in [2.75, 3.05) is 5.32 Å². The average molecular weight is 471 g/mol. The molecule has 1 aromatic heterocycles. The van der Waals surface area contributed by atoms with Crippen LogP contribution in [0.3, 0.4) is 0 Å². The smallest absolute Gasteiger partial charge is 0.295 e. The average Bonchev–Trinajstić information content (AvgIpc) is 3.08. The zero-order valence-corrected chi connectivity index (χ0v) is 19.2. The van der Waals surface area contributed by atoms with E-state index in [9.17, 15) is 18.8 Å². The predicted molar refractivity (Wildman–Crippen MR) is 133 cm³/mol. The molecule has 0 aliphatic heterocycles. The van der Waals surface area contributed by atoms with Crippen molar-refractivity contribution < 1.29 is 14.0 Å². The van der Waals surface area contributed by atoms with Crippen molar-refractivity contribution in [1.29, 1.82) is 0 Å². The van der Waals surface area contributed by atoms with Gasteiger partial charge < -0.3 is 10.6 Å². The van der Waals surface area contributed by atoms with Crippen LogP contribution in [0.25, 0.3) is 11.8 Å². The minimum atomic E-state index is -0.690. The third-order valence-electron chi connectivity index (χ3n) is 5.50. The third-order valence-corrected chi connectivity index (χ3v) is 5.50. The molecule has 0 saturated heterocycles. The van der Waals surface area contributed by atoms with Crippen LogP contribution in [0.15, 0.2) is 95.4 Å². The van der Waals surface area contributed by atoms with E-state index in [0.717, 1.165) is 0 Å². The number of carbonyl (C=O) groups is 2. The number of carbonyl (C=O) groups excluding carboxylic acids is 2. The van der Waals surface area contributed by atoms with Gasteiger partial charge in [0, 0.05) is 12.6 Å². The number of amides is 2. The third kappa shape index (κ3) is 5.11. The van der Waals surface area contributed by atoms with E-state index in [-0.39, 0.29) is 11.4 Å². The van der Waals surface area contributed by atoms with Gasteiger partial charge in [0.05, 0.1) is 11.4 Å². The number of nitrogens with zero attached hydrogens (tertiary/aromatic N) is 2. The first-order chi connectivity index (χ1) is 16.8. The molecule has 0 unspecified atom stereocenters. The van der Waals surface area contributed by atoms with Gasteiger partial charge in [0.1, 0.15) is 17.2 Å². The van der Waals surface area contributed by atoms with E-state index in [0.29, 0.717) is 22.5 Å². The topological polar surface area (TPSA) is 85.1 Å². The standard InChI is InChI=1S/C27H23FN4O3/c1-18-24(27(35)32(31(18)2)22-11-7-4-8-12-22)30-26(34)23(17-19-13-15-21(28)16-14-19)29-25(33)20-9-5-3-6-10-20/h3-17H,1-2H3,(H,29,33)(H,30,34)/b23-17+. The second-order valence-corrected chi connectivity index (χ2v) is 7.82. The van der Waals surface area contributed by atoms with Crippen LogP contribution in [0.5, 0.6) is 0 Å². The van der Waals surface area contributed by atoms with Crippen LogP contribution in [0.1, 0.15) is 21.6 Å². The Morgan fingerprint density at radius 3 is 2.11 bits per heavy atom. The number of aromatic nitrogens is 2. The molecule has 0 fully saturated rings. The fraction of sp³-hybridized carbons (Fsp3) is 0.0741. The van der Waals surface area contributed by atoms with Crippen molar-refractivity contribution >= 4 is 23.6 Å². The molecule has 3 aromatic carbocycles. The Morgan fingerprint density at radius 2 is 1.49 bits per heavy atom. The molecule has 0 atom stereocenters. The molecule has 0 spiro atoms. The lowest BCUT2D eigenvalue weighted by atomic mass is 10.1. The van der Waals surface area contributed by atoms with Crippen LogP contribution >= 0.6 is 0 Å². The first kappa shape index (κ1) is 23.4. The molecular weight excluding hydrogens is 447 g/mol. The summed E-state index contributed by atoms with van der Waals surface area (Å²) in [5.41, 5.74) is 1.59. The van der Waals surface area contributed by atoms with E-state index in [1.165, 1.54) is 35.0 Å². The van der Waals surface area contributed by atoms with Crippen molar-refractivity contribution in [3.05, 3.63) is 124 Å². The van der Waals surface area contributed by atoms with Crippen LogP contribution in [-0.4, -0.2) is 21.2 Å². The number of nitrogens with one attached hydrogen (secondary N) is 2. The van der Waals surface area contributed by atoms with Crippen molar-refractivity contribution in [2.24, 2.45) is 7.05 Å². The predicted octanol–water partition coefficient (Wildman–Crippen LogP) is 4.03. The molecule has 2 N–H and O–H groups in total. The Labute approximate surface area is 201 Å². The molecule has 4 aromatic rings. The van der Waals surface area contributed by atoms with Crippen molar-refractivity contribution in [1.82, 2.24) is 14.7 Å². The van der Waals surface area contributed by atoms with Gasteiger partial charge in [0.25, 0.3) is 17.4 Å². The second-order valence-electron chi connectivity index (χ2n) is 7.82. The lowest BCUT2D eigenvalue weighted by Gasteiger charge is -2.11. The van der Waals surface area contributed by atoms with Crippen LogP contribution in [-0.2, 0) is 11.8 Å². The zero-order valence-electron chi connectivity index (χ0n) is 19.2. The Morgan fingerprint density at radius 1 is 0.886 bits per heavy atom. The quantitative estimate of drug-likeness (QED) is 0.417. The van der Waals surface area contributed by atoms with Crippen molar-refractivity contribution in [2.45, 2.75) is 6.92 Å². The molecule has 0 saturated carbocycles. The van der Waals surface area contributed by atoms with E-state index in [4.69, 9.17) is 0 Å². The van der Waals surface area contributed by atoms with Gasteiger partial charge in [-0.3, -0.25) is 19.1 Å². The highest BCUT2D eigenvalue weighted by atomic mass is 19.1. The largest absolute Gasteiger partial charge is 0.317 e. The van der Waals surface area contributed by atoms with Crippen molar-refractivity contribution in [3.8, 4) is 5.69 Å². The number of anilines is 1. The van der Waals surface area contributed by atoms with Crippen LogP contribution in [0, 0.1) is 12.7 Å². The van der Waals surface area contributed by atoms with Gasteiger partial charge >= 0.3 is 0 Å². The second kappa shape index (κ2) is 10.0.